The molecular formula is C33H42N6O9. The van der Waals surface area contributed by atoms with E-state index in [1.54, 1.807) is 36.4 Å². The van der Waals surface area contributed by atoms with E-state index in [-0.39, 0.29) is 17.1 Å². The Balaban J connectivity index is 1.43. The summed E-state index contributed by atoms with van der Waals surface area (Å²) in [7, 11) is 0. The molecule has 15 heteroatoms. The number of carboxylic acids is 3. The predicted molar refractivity (Wildman–Crippen MR) is 172 cm³/mol. The molecule has 0 amide bonds. The van der Waals surface area contributed by atoms with Crippen molar-refractivity contribution in [3.8, 4) is 0 Å². The number of hydrogen-bond donors (Lipinski definition) is 3. The van der Waals surface area contributed by atoms with Crippen molar-refractivity contribution in [2.24, 2.45) is 0 Å². The van der Waals surface area contributed by atoms with Gasteiger partial charge in [-0.25, -0.2) is 29.3 Å². The first-order valence-corrected chi connectivity index (χ1v) is 15.7. The van der Waals surface area contributed by atoms with Crippen LogP contribution in [0.3, 0.4) is 0 Å². The van der Waals surface area contributed by atoms with Gasteiger partial charge in [-0.05, 0) is 36.4 Å². The van der Waals surface area contributed by atoms with Gasteiger partial charge in [0.2, 0.25) is 0 Å². The fourth-order valence-corrected chi connectivity index (χ4v) is 5.03. The zero-order valence-electron chi connectivity index (χ0n) is 26.8. The Morgan fingerprint density at radius 3 is 0.958 bits per heavy atom. The molecule has 0 saturated carbocycles. The van der Waals surface area contributed by atoms with E-state index in [1.807, 2.05) is 0 Å². The highest BCUT2D eigenvalue weighted by atomic mass is 16.5. The van der Waals surface area contributed by atoms with Crippen molar-refractivity contribution < 1.29 is 43.9 Å². The van der Waals surface area contributed by atoms with Crippen LogP contribution in [-0.2, 0) is 33.8 Å². The lowest BCUT2D eigenvalue weighted by atomic mass is 10.2. The first-order valence-electron chi connectivity index (χ1n) is 15.7. The quantitative estimate of drug-likeness (QED) is 0.300. The van der Waals surface area contributed by atoms with Gasteiger partial charge in [-0.2, -0.15) is 0 Å². The largest absolute Gasteiger partial charge is 0.477 e. The summed E-state index contributed by atoms with van der Waals surface area (Å²) in [6.07, 6.45) is 0. The third-order valence-corrected chi connectivity index (χ3v) is 7.55. The van der Waals surface area contributed by atoms with E-state index in [0.29, 0.717) is 116 Å². The van der Waals surface area contributed by atoms with Crippen LogP contribution in [0.5, 0.6) is 0 Å². The molecular weight excluding hydrogens is 624 g/mol. The molecule has 1 aliphatic rings. The molecule has 0 aliphatic carbocycles. The molecule has 3 aromatic rings. The highest BCUT2D eigenvalue weighted by molar-refractivity contribution is 5.86. The maximum atomic E-state index is 11.4. The van der Waals surface area contributed by atoms with Crippen LogP contribution < -0.4 is 0 Å². The standard InChI is InChI=1S/C33H42N6O9/c40-31(41)28-7-1-4-25(34-28)22-37-10-16-46-18-12-38(23-26-5-2-8-29(35-26)32(42)43)14-20-48-21-15-39(13-19-47-17-11-37)24-27-6-3-9-30(36-27)33(44)45/h1-9H,10-24H2,(H,40,41)(H,42,43)(H,44,45). The zero-order valence-corrected chi connectivity index (χ0v) is 26.8. The molecule has 1 fully saturated rings. The number of nitrogens with zero attached hydrogens (tertiary/aromatic N) is 6. The van der Waals surface area contributed by atoms with Gasteiger partial charge in [0.05, 0.1) is 56.7 Å². The molecule has 258 valence electrons. The fourth-order valence-electron chi connectivity index (χ4n) is 5.03. The Morgan fingerprint density at radius 2 is 0.729 bits per heavy atom. The van der Waals surface area contributed by atoms with E-state index < -0.39 is 17.9 Å². The van der Waals surface area contributed by atoms with Crippen molar-refractivity contribution in [1.29, 1.82) is 0 Å². The summed E-state index contributed by atoms with van der Waals surface area (Å²) in [5.74, 6) is -3.26. The topological polar surface area (TPSA) is 188 Å². The highest BCUT2D eigenvalue weighted by Gasteiger charge is 2.15. The van der Waals surface area contributed by atoms with Crippen LogP contribution in [0, 0.1) is 0 Å². The van der Waals surface area contributed by atoms with E-state index in [9.17, 15) is 29.7 Å². The van der Waals surface area contributed by atoms with Crippen molar-refractivity contribution in [1.82, 2.24) is 29.7 Å². The van der Waals surface area contributed by atoms with E-state index in [0.717, 1.165) is 0 Å². The SMILES string of the molecule is O=C(O)c1cccc(CN2CCOCCN(Cc3cccc(C(=O)O)n3)CCOCCN(Cc3cccc(C(=O)O)n3)CCOCC2)n1. The number of carbonyl (C=O) groups is 3. The number of rotatable bonds is 9. The average molecular weight is 667 g/mol. The van der Waals surface area contributed by atoms with Crippen LogP contribution in [0.25, 0.3) is 0 Å². The number of aromatic carboxylic acids is 3. The number of aromatic nitrogens is 3. The summed E-state index contributed by atoms with van der Waals surface area (Å²) in [6.45, 7) is 7.15. The van der Waals surface area contributed by atoms with Gasteiger partial charge >= 0.3 is 17.9 Å². The number of ether oxygens (including phenoxy) is 3. The molecule has 3 aromatic heterocycles. The van der Waals surface area contributed by atoms with Gasteiger partial charge in [0, 0.05) is 58.9 Å². The van der Waals surface area contributed by atoms with Crippen LogP contribution in [0.2, 0.25) is 0 Å². The molecule has 0 unspecified atom stereocenters. The lowest BCUT2D eigenvalue weighted by Gasteiger charge is -2.26. The minimum atomic E-state index is -1.09. The summed E-state index contributed by atoms with van der Waals surface area (Å²) in [4.78, 5) is 53.4. The van der Waals surface area contributed by atoms with Crippen molar-refractivity contribution in [3.63, 3.8) is 0 Å². The van der Waals surface area contributed by atoms with Gasteiger partial charge in [0.15, 0.2) is 0 Å². The van der Waals surface area contributed by atoms with E-state index >= 15 is 0 Å². The van der Waals surface area contributed by atoms with Gasteiger partial charge < -0.3 is 29.5 Å². The molecule has 4 heterocycles. The number of pyridine rings is 3. The first kappa shape index (κ1) is 36.5. The van der Waals surface area contributed by atoms with Gasteiger partial charge in [0.1, 0.15) is 17.1 Å². The molecule has 0 radical (unpaired) electrons. The van der Waals surface area contributed by atoms with E-state index in [4.69, 9.17) is 14.2 Å². The molecule has 48 heavy (non-hydrogen) atoms. The van der Waals surface area contributed by atoms with Gasteiger partial charge in [-0.15, -0.1) is 0 Å². The normalized spacial score (nSPS) is 17.2. The molecule has 0 aromatic carbocycles. The lowest BCUT2D eigenvalue weighted by molar-refractivity contribution is 0.0336. The van der Waals surface area contributed by atoms with Crippen LogP contribution >= 0.6 is 0 Å². The van der Waals surface area contributed by atoms with Crippen molar-refractivity contribution in [2.45, 2.75) is 19.6 Å². The van der Waals surface area contributed by atoms with Crippen LogP contribution in [0.15, 0.2) is 54.6 Å². The van der Waals surface area contributed by atoms with Crippen molar-refractivity contribution >= 4 is 17.9 Å². The molecule has 0 bridgehead atoms. The molecule has 0 spiro atoms. The van der Waals surface area contributed by atoms with Crippen LogP contribution in [0.4, 0.5) is 0 Å². The Morgan fingerprint density at radius 1 is 0.479 bits per heavy atom. The Kier molecular flexibility index (Phi) is 14.8. The third kappa shape index (κ3) is 12.7. The molecule has 1 saturated heterocycles. The second-order valence-corrected chi connectivity index (χ2v) is 11.1. The Labute approximate surface area is 278 Å². The van der Waals surface area contributed by atoms with Gasteiger partial charge in [-0.1, -0.05) is 18.2 Å². The molecule has 1 aliphatic heterocycles. The van der Waals surface area contributed by atoms with Gasteiger partial charge in [-0.3, -0.25) is 14.7 Å². The van der Waals surface area contributed by atoms with Crippen LogP contribution in [0.1, 0.15) is 48.5 Å². The zero-order chi connectivity index (χ0) is 34.1. The average Bonchev–Trinajstić information content (AvgIpc) is 3.07. The number of carboxylic acid groups (broad SMARTS) is 3. The minimum Gasteiger partial charge on any atom is -0.477 e. The minimum absolute atomic E-state index is 0.0164. The Hall–Kier alpha value is -4.38. The Bertz CT molecular complexity index is 1300. The predicted octanol–water partition coefficient (Wildman–Crippen LogP) is 1.84. The lowest BCUT2D eigenvalue weighted by Crippen LogP contribution is -2.35. The summed E-state index contributed by atoms with van der Waals surface area (Å²) in [5, 5.41) is 28.1. The molecule has 3 N–H and O–H groups in total. The second-order valence-electron chi connectivity index (χ2n) is 11.1. The molecule has 4 rings (SSSR count). The maximum Gasteiger partial charge on any atom is 0.354 e. The number of hydrogen-bond acceptors (Lipinski definition) is 12. The fraction of sp³-hybridized carbons (Fsp3) is 0.455. The second kappa shape index (κ2) is 19.4. The third-order valence-electron chi connectivity index (χ3n) is 7.55. The maximum absolute atomic E-state index is 11.4. The van der Waals surface area contributed by atoms with E-state index in [2.05, 4.69) is 29.7 Å². The van der Waals surface area contributed by atoms with Crippen LogP contribution in [-0.4, -0.2) is 142 Å². The summed E-state index contributed by atoms with van der Waals surface area (Å²) in [5.41, 5.74) is 1.83. The van der Waals surface area contributed by atoms with Crippen molar-refractivity contribution in [2.75, 3.05) is 78.9 Å². The van der Waals surface area contributed by atoms with Gasteiger partial charge in [0.25, 0.3) is 0 Å². The monoisotopic (exact) mass is 666 g/mol. The first-order chi connectivity index (χ1) is 23.3. The summed E-state index contributed by atoms with van der Waals surface area (Å²) < 4.78 is 18.0. The van der Waals surface area contributed by atoms with E-state index in [1.165, 1.54) is 18.2 Å². The summed E-state index contributed by atoms with van der Waals surface area (Å²) >= 11 is 0. The molecule has 0 atom stereocenters. The van der Waals surface area contributed by atoms with Crippen molar-refractivity contribution in [3.05, 3.63) is 88.8 Å². The summed E-state index contributed by atoms with van der Waals surface area (Å²) in [6, 6.07) is 14.8. The highest BCUT2D eigenvalue weighted by Crippen LogP contribution is 2.08. The molecule has 15 nitrogen and oxygen atoms in total. The smallest absolute Gasteiger partial charge is 0.354 e.